The van der Waals surface area contributed by atoms with Crippen LogP contribution in [0.1, 0.15) is 16.7 Å². The van der Waals surface area contributed by atoms with Crippen molar-refractivity contribution in [3.05, 3.63) is 34.9 Å². The summed E-state index contributed by atoms with van der Waals surface area (Å²) in [5.74, 6) is -1.09. The quantitative estimate of drug-likeness (QED) is 0.613. The second-order valence-corrected chi connectivity index (χ2v) is 4.95. The van der Waals surface area contributed by atoms with Gasteiger partial charge in [-0.15, -0.1) is 0 Å². The number of fused-ring (bicyclic) bond motifs is 1. The van der Waals surface area contributed by atoms with E-state index in [1.807, 2.05) is 18.2 Å². The topological polar surface area (TPSA) is 61.8 Å². The maximum atomic E-state index is 12.1. The average Bonchev–Trinajstić information content (AvgIpc) is 2.85. The Hall–Kier alpha value is -1.88. The minimum Gasteiger partial charge on any atom is -0.468 e. The van der Waals surface area contributed by atoms with E-state index in [0.717, 1.165) is 16.7 Å². The highest BCUT2D eigenvalue weighted by Gasteiger charge is 2.52. The Morgan fingerprint density at radius 2 is 1.65 bits per heavy atom. The first-order valence-electron chi connectivity index (χ1n) is 6.34. The van der Waals surface area contributed by atoms with Crippen LogP contribution in [0, 0.1) is 5.41 Å². The Labute approximate surface area is 117 Å². The minimum absolute atomic E-state index is 0.305. The SMILES string of the molecule is COCc1ccc2c(c1)CC(C(=O)OC)(C(=O)OC)C2. The van der Waals surface area contributed by atoms with Crippen molar-refractivity contribution in [1.29, 1.82) is 0 Å². The molecule has 1 aromatic carbocycles. The molecule has 0 spiro atoms. The molecule has 0 amide bonds. The molecule has 5 heteroatoms. The van der Waals surface area contributed by atoms with Crippen molar-refractivity contribution in [3.8, 4) is 0 Å². The summed E-state index contributed by atoms with van der Waals surface area (Å²) in [4.78, 5) is 24.1. The molecule has 0 bridgehead atoms. The van der Waals surface area contributed by atoms with Crippen LogP contribution in [0.4, 0.5) is 0 Å². The van der Waals surface area contributed by atoms with Crippen LogP contribution in [0.5, 0.6) is 0 Å². The van der Waals surface area contributed by atoms with Crippen LogP contribution in [-0.2, 0) is 43.2 Å². The van der Waals surface area contributed by atoms with E-state index in [1.54, 1.807) is 7.11 Å². The largest absolute Gasteiger partial charge is 0.468 e. The molecule has 0 unspecified atom stereocenters. The van der Waals surface area contributed by atoms with Gasteiger partial charge in [0.15, 0.2) is 5.41 Å². The summed E-state index contributed by atoms with van der Waals surface area (Å²) in [6, 6.07) is 5.83. The van der Waals surface area contributed by atoms with Gasteiger partial charge in [0.2, 0.25) is 0 Å². The molecule has 0 saturated heterocycles. The number of carbonyl (C=O) groups is 2. The van der Waals surface area contributed by atoms with Crippen molar-refractivity contribution >= 4 is 11.9 Å². The average molecular weight is 278 g/mol. The third-order valence-corrected chi connectivity index (χ3v) is 3.72. The molecule has 5 nitrogen and oxygen atoms in total. The maximum absolute atomic E-state index is 12.1. The fourth-order valence-electron chi connectivity index (χ4n) is 2.75. The van der Waals surface area contributed by atoms with Crippen LogP contribution in [0.2, 0.25) is 0 Å². The zero-order valence-corrected chi connectivity index (χ0v) is 11.9. The van der Waals surface area contributed by atoms with E-state index < -0.39 is 17.4 Å². The van der Waals surface area contributed by atoms with Crippen molar-refractivity contribution in [2.24, 2.45) is 5.41 Å². The molecular weight excluding hydrogens is 260 g/mol. The number of carbonyl (C=O) groups excluding carboxylic acids is 2. The summed E-state index contributed by atoms with van der Waals surface area (Å²) < 4.78 is 14.7. The van der Waals surface area contributed by atoms with E-state index in [-0.39, 0.29) is 0 Å². The number of methoxy groups -OCH3 is 3. The molecule has 0 heterocycles. The molecule has 0 fully saturated rings. The summed E-state index contributed by atoms with van der Waals surface area (Å²) in [6.45, 7) is 0.497. The van der Waals surface area contributed by atoms with Gasteiger partial charge in [-0.25, -0.2) is 0 Å². The van der Waals surface area contributed by atoms with E-state index in [1.165, 1.54) is 14.2 Å². The lowest BCUT2D eigenvalue weighted by Crippen LogP contribution is -2.42. The smallest absolute Gasteiger partial charge is 0.323 e. The van der Waals surface area contributed by atoms with Crippen molar-refractivity contribution < 1.29 is 23.8 Å². The van der Waals surface area contributed by atoms with Crippen LogP contribution < -0.4 is 0 Å². The summed E-state index contributed by atoms with van der Waals surface area (Å²) in [5.41, 5.74) is 1.70. The normalized spacial score (nSPS) is 15.6. The molecule has 108 valence electrons. The van der Waals surface area contributed by atoms with Crippen LogP contribution in [0.25, 0.3) is 0 Å². The van der Waals surface area contributed by atoms with Gasteiger partial charge in [0.1, 0.15) is 0 Å². The highest BCUT2D eigenvalue weighted by Crippen LogP contribution is 2.39. The van der Waals surface area contributed by atoms with Crippen molar-refractivity contribution in [3.63, 3.8) is 0 Å². The van der Waals surface area contributed by atoms with Gasteiger partial charge in [0.05, 0.1) is 20.8 Å². The highest BCUT2D eigenvalue weighted by atomic mass is 16.5. The molecule has 1 aromatic rings. The van der Waals surface area contributed by atoms with Crippen LogP contribution in [0.15, 0.2) is 18.2 Å². The van der Waals surface area contributed by atoms with Gasteiger partial charge in [-0.2, -0.15) is 0 Å². The molecule has 0 atom stereocenters. The van der Waals surface area contributed by atoms with Gasteiger partial charge in [-0.05, 0) is 29.5 Å². The summed E-state index contributed by atoms with van der Waals surface area (Å²) >= 11 is 0. The third kappa shape index (κ3) is 2.29. The van der Waals surface area contributed by atoms with Crippen LogP contribution in [-0.4, -0.2) is 33.3 Å². The molecule has 0 radical (unpaired) electrons. The van der Waals surface area contributed by atoms with Gasteiger partial charge in [0, 0.05) is 7.11 Å². The number of ether oxygens (including phenoxy) is 3. The lowest BCUT2D eigenvalue weighted by atomic mass is 9.85. The van der Waals surface area contributed by atoms with E-state index in [0.29, 0.717) is 19.4 Å². The van der Waals surface area contributed by atoms with Crippen molar-refractivity contribution in [1.82, 2.24) is 0 Å². The van der Waals surface area contributed by atoms with E-state index in [2.05, 4.69) is 0 Å². The molecule has 2 rings (SSSR count). The fourth-order valence-corrected chi connectivity index (χ4v) is 2.75. The highest BCUT2D eigenvalue weighted by molar-refractivity contribution is 6.01. The standard InChI is InChI=1S/C15H18O5/c1-18-9-10-4-5-11-7-15(13(16)19-2,14(17)20-3)8-12(11)6-10/h4-6H,7-9H2,1-3H3. The molecule has 0 saturated carbocycles. The predicted octanol–water partition coefficient (Wildman–Crippen LogP) is 1.26. The zero-order chi connectivity index (χ0) is 14.8. The van der Waals surface area contributed by atoms with E-state index in [9.17, 15) is 9.59 Å². The van der Waals surface area contributed by atoms with E-state index >= 15 is 0 Å². The second-order valence-electron chi connectivity index (χ2n) is 4.95. The Morgan fingerprint density at radius 3 is 2.20 bits per heavy atom. The van der Waals surface area contributed by atoms with Crippen molar-refractivity contribution in [2.75, 3.05) is 21.3 Å². The summed E-state index contributed by atoms with van der Waals surface area (Å²) in [7, 11) is 4.19. The second kappa shape index (κ2) is 5.63. The first-order valence-corrected chi connectivity index (χ1v) is 6.34. The Kier molecular flexibility index (Phi) is 4.09. The van der Waals surface area contributed by atoms with Gasteiger partial charge < -0.3 is 14.2 Å². The number of benzene rings is 1. The van der Waals surface area contributed by atoms with E-state index in [4.69, 9.17) is 14.2 Å². The lowest BCUT2D eigenvalue weighted by molar-refractivity contribution is -0.168. The van der Waals surface area contributed by atoms with Gasteiger partial charge in [-0.3, -0.25) is 9.59 Å². The minimum atomic E-state index is -1.25. The Balaban J connectivity index is 2.37. The zero-order valence-electron chi connectivity index (χ0n) is 11.9. The summed E-state index contributed by atoms with van der Waals surface area (Å²) in [5, 5.41) is 0. The third-order valence-electron chi connectivity index (χ3n) is 3.72. The summed E-state index contributed by atoms with van der Waals surface area (Å²) in [6.07, 6.45) is 0.619. The van der Waals surface area contributed by atoms with Crippen LogP contribution in [0.3, 0.4) is 0 Å². The van der Waals surface area contributed by atoms with Gasteiger partial charge >= 0.3 is 11.9 Å². The van der Waals surface area contributed by atoms with Gasteiger partial charge in [0.25, 0.3) is 0 Å². The molecule has 0 aliphatic heterocycles. The molecule has 0 aromatic heterocycles. The molecular formula is C15H18O5. The molecule has 1 aliphatic rings. The Morgan fingerprint density at radius 1 is 1.05 bits per heavy atom. The first-order chi connectivity index (χ1) is 9.57. The number of hydrogen-bond acceptors (Lipinski definition) is 5. The van der Waals surface area contributed by atoms with Crippen molar-refractivity contribution in [2.45, 2.75) is 19.4 Å². The van der Waals surface area contributed by atoms with Gasteiger partial charge in [-0.1, -0.05) is 18.2 Å². The number of esters is 2. The molecule has 20 heavy (non-hydrogen) atoms. The van der Waals surface area contributed by atoms with Crippen LogP contribution >= 0.6 is 0 Å². The first kappa shape index (κ1) is 14.5. The predicted molar refractivity (Wildman–Crippen MR) is 71.0 cm³/mol. The molecule has 0 N–H and O–H groups in total. The molecule has 1 aliphatic carbocycles. The maximum Gasteiger partial charge on any atom is 0.323 e. The number of hydrogen-bond donors (Lipinski definition) is 0. The monoisotopic (exact) mass is 278 g/mol. The Bertz CT molecular complexity index is 519. The number of rotatable bonds is 4. The fraction of sp³-hybridized carbons (Fsp3) is 0.467. The lowest BCUT2D eigenvalue weighted by Gasteiger charge is -2.22.